The Morgan fingerprint density at radius 2 is 2.08 bits per heavy atom. The van der Waals surface area contributed by atoms with Crippen LogP contribution < -0.4 is 4.90 Å². The van der Waals surface area contributed by atoms with E-state index in [9.17, 15) is 4.79 Å². The third-order valence-electron chi connectivity index (χ3n) is 5.13. The number of aromatic nitrogens is 2. The van der Waals surface area contributed by atoms with Gasteiger partial charge in [-0.1, -0.05) is 20.8 Å². The van der Waals surface area contributed by atoms with Gasteiger partial charge in [-0.15, -0.1) is 0 Å². The Labute approximate surface area is 155 Å². The standard InChI is InChI=1S/C20H30N4O2/c1-13-10-15-16(22-19(21-15)18(26)20(3,4)5)11-17(13)24-7-6-23(8-9-25)12-14(24)2/h10-11,14,25H,6-9,12H2,1-5H3,(H,21,22). The fraction of sp³-hybridized carbons (Fsp3) is 0.600. The Kier molecular flexibility index (Phi) is 5.08. The van der Waals surface area contributed by atoms with Gasteiger partial charge < -0.3 is 15.0 Å². The number of nitrogens with zero attached hydrogens (tertiary/aromatic N) is 3. The molecule has 0 saturated carbocycles. The number of Topliss-reactive ketones (excluding diaryl/α,β-unsaturated/α-hetero) is 1. The van der Waals surface area contributed by atoms with Gasteiger partial charge in [0.25, 0.3) is 0 Å². The van der Waals surface area contributed by atoms with E-state index in [4.69, 9.17) is 5.11 Å². The van der Waals surface area contributed by atoms with Gasteiger partial charge in [-0.3, -0.25) is 9.69 Å². The molecule has 0 spiro atoms. The summed E-state index contributed by atoms with van der Waals surface area (Å²) in [5.41, 5.74) is 3.64. The lowest BCUT2D eigenvalue weighted by Gasteiger charge is -2.41. The molecule has 1 aromatic carbocycles. The number of aliphatic hydroxyl groups excluding tert-OH is 1. The number of anilines is 1. The molecular weight excluding hydrogens is 328 g/mol. The summed E-state index contributed by atoms with van der Waals surface area (Å²) in [6.07, 6.45) is 0. The average Bonchev–Trinajstić information content (AvgIpc) is 2.96. The number of imidazole rings is 1. The van der Waals surface area contributed by atoms with E-state index in [0.29, 0.717) is 11.9 Å². The Bertz CT molecular complexity index is 806. The predicted molar refractivity (Wildman–Crippen MR) is 105 cm³/mol. The van der Waals surface area contributed by atoms with Crippen LogP contribution in [0.15, 0.2) is 12.1 Å². The van der Waals surface area contributed by atoms with E-state index in [1.165, 1.54) is 11.3 Å². The molecule has 1 aliphatic heterocycles. The molecule has 142 valence electrons. The second kappa shape index (κ2) is 7.00. The molecule has 6 nitrogen and oxygen atoms in total. The minimum atomic E-state index is -0.455. The van der Waals surface area contributed by atoms with Gasteiger partial charge in [0.1, 0.15) is 0 Å². The number of aromatic amines is 1. The van der Waals surface area contributed by atoms with Gasteiger partial charge in [-0.2, -0.15) is 0 Å². The van der Waals surface area contributed by atoms with Crippen molar-refractivity contribution >= 4 is 22.5 Å². The minimum absolute atomic E-state index is 0.0267. The van der Waals surface area contributed by atoms with E-state index < -0.39 is 5.41 Å². The van der Waals surface area contributed by atoms with Crippen molar-refractivity contribution in [2.75, 3.05) is 37.7 Å². The summed E-state index contributed by atoms with van der Waals surface area (Å²) in [7, 11) is 0. The molecule has 26 heavy (non-hydrogen) atoms. The number of carbonyl (C=O) groups is 1. The molecule has 1 saturated heterocycles. The number of nitrogens with one attached hydrogen (secondary N) is 1. The number of benzene rings is 1. The number of ketones is 1. The number of piperazine rings is 1. The highest BCUT2D eigenvalue weighted by Gasteiger charge is 2.27. The summed E-state index contributed by atoms with van der Waals surface area (Å²) in [6, 6.07) is 4.55. The zero-order valence-electron chi connectivity index (χ0n) is 16.5. The quantitative estimate of drug-likeness (QED) is 0.822. The first-order valence-electron chi connectivity index (χ1n) is 9.35. The molecule has 1 aliphatic rings. The van der Waals surface area contributed by atoms with Crippen LogP contribution in [0.2, 0.25) is 0 Å². The number of hydrogen-bond acceptors (Lipinski definition) is 5. The highest BCUT2D eigenvalue weighted by molar-refractivity contribution is 5.99. The molecule has 0 radical (unpaired) electrons. The van der Waals surface area contributed by atoms with Gasteiger partial charge in [0, 0.05) is 43.3 Å². The molecule has 1 atom stereocenters. The number of aryl methyl sites for hydroxylation is 1. The van der Waals surface area contributed by atoms with Crippen LogP contribution >= 0.6 is 0 Å². The number of aliphatic hydroxyl groups is 1. The lowest BCUT2D eigenvalue weighted by Crippen LogP contribution is -2.52. The molecule has 2 heterocycles. The lowest BCUT2D eigenvalue weighted by atomic mass is 9.90. The number of fused-ring (bicyclic) bond motifs is 1. The molecule has 6 heteroatoms. The minimum Gasteiger partial charge on any atom is -0.395 e. The van der Waals surface area contributed by atoms with Crippen molar-refractivity contribution in [2.45, 2.75) is 40.7 Å². The molecule has 2 N–H and O–H groups in total. The molecule has 1 fully saturated rings. The topological polar surface area (TPSA) is 72.5 Å². The molecule has 0 bridgehead atoms. The summed E-state index contributed by atoms with van der Waals surface area (Å²) < 4.78 is 0. The van der Waals surface area contributed by atoms with Crippen molar-refractivity contribution in [3.63, 3.8) is 0 Å². The van der Waals surface area contributed by atoms with E-state index >= 15 is 0 Å². The van der Waals surface area contributed by atoms with Crippen molar-refractivity contribution < 1.29 is 9.90 Å². The summed E-state index contributed by atoms with van der Waals surface area (Å²) in [6.45, 7) is 13.8. The molecule has 1 aromatic heterocycles. The van der Waals surface area contributed by atoms with Crippen LogP contribution in [0.3, 0.4) is 0 Å². The SMILES string of the molecule is Cc1cc2[nH]c(C(=O)C(C)(C)C)nc2cc1N1CCN(CCO)CC1C. The predicted octanol–water partition coefficient (Wildman–Crippen LogP) is 2.60. The smallest absolute Gasteiger partial charge is 0.203 e. The van der Waals surface area contributed by atoms with Crippen LogP contribution in [0.5, 0.6) is 0 Å². The lowest BCUT2D eigenvalue weighted by molar-refractivity contribution is 0.0848. The zero-order chi connectivity index (χ0) is 19.1. The first-order chi connectivity index (χ1) is 12.2. The maximum absolute atomic E-state index is 12.5. The van der Waals surface area contributed by atoms with E-state index in [1.54, 1.807) is 0 Å². The Morgan fingerprint density at radius 3 is 2.69 bits per heavy atom. The van der Waals surface area contributed by atoms with Crippen LogP contribution in [0.4, 0.5) is 5.69 Å². The monoisotopic (exact) mass is 358 g/mol. The summed E-state index contributed by atoms with van der Waals surface area (Å²) in [5.74, 6) is 0.462. The zero-order valence-corrected chi connectivity index (χ0v) is 16.5. The Hall–Kier alpha value is -1.92. The normalized spacial score (nSPS) is 19.3. The number of β-amino-alcohol motifs (C(OH)–C–C–N with tert-alkyl or cyclic N) is 1. The van der Waals surface area contributed by atoms with Gasteiger partial charge in [0.15, 0.2) is 5.82 Å². The van der Waals surface area contributed by atoms with Gasteiger partial charge >= 0.3 is 0 Å². The van der Waals surface area contributed by atoms with Crippen LogP contribution in [-0.4, -0.2) is 64.6 Å². The molecule has 0 amide bonds. The fourth-order valence-electron chi connectivity index (χ4n) is 3.66. The molecule has 0 aliphatic carbocycles. The Morgan fingerprint density at radius 1 is 1.35 bits per heavy atom. The van der Waals surface area contributed by atoms with E-state index in [2.05, 4.69) is 45.7 Å². The Balaban J connectivity index is 1.90. The van der Waals surface area contributed by atoms with E-state index in [0.717, 1.165) is 37.2 Å². The molecular formula is C20H30N4O2. The summed E-state index contributed by atoms with van der Waals surface area (Å²) in [4.78, 5) is 25.0. The first kappa shape index (κ1) is 18.9. The maximum atomic E-state index is 12.5. The van der Waals surface area contributed by atoms with E-state index in [-0.39, 0.29) is 12.4 Å². The third-order valence-corrected chi connectivity index (χ3v) is 5.13. The van der Waals surface area contributed by atoms with E-state index in [1.807, 2.05) is 20.8 Å². The largest absolute Gasteiger partial charge is 0.395 e. The van der Waals surface area contributed by atoms with Crippen molar-refractivity contribution in [3.05, 3.63) is 23.5 Å². The summed E-state index contributed by atoms with van der Waals surface area (Å²) >= 11 is 0. The van der Waals surface area contributed by atoms with Crippen LogP contribution in [0.1, 0.15) is 43.9 Å². The van der Waals surface area contributed by atoms with Gasteiger partial charge in [-0.25, -0.2) is 4.98 Å². The second-order valence-corrected chi connectivity index (χ2v) is 8.39. The number of rotatable bonds is 4. The number of H-pyrrole nitrogens is 1. The van der Waals surface area contributed by atoms with Crippen LogP contribution in [0, 0.1) is 12.3 Å². The van der Waals surface area contributed by atoms with Gasteiger partial charge in [0.05, 0.1) is 17.6 Å². The van der Waals surface area contributed by atoms with Crippen molar-refractivity contribution in [3.8, 4) is 0 Å². The molecule has 2 aromatic rings. The molecule has 3 rings (SSSR count). The number of carbonyl (C=O) groups excluding carboxylic acids is 1. The number of hydrogen-bond donors (Lipinski definition) is 2. The maximum Gasteiger partial charge on any atom is 0.203 e. The third kappa shape index (κ3) is 3.62. The first-order valence-corrected chi connectivity index (χ1v) is 9.35. The van der Waals surface area contributed by atoms with Gasteiger partial charge in [0.2, 0.25) is 5.78 Å². The van der Waals surface area contributed by atoms with Crippen molar-refractivity contribution in [2.24, 2.45) is 5.41 Å². The average molecular weight is 358 g/mol. The van der Waals surface area contributed by atoms with Crippen molar-refractivity contribution in [1.29, 1.82) is 0 Å². The molecule has 1 unspecified atom stereocenters. The van der Waals surface area contributed by atoms with Crippen LogP contribution in [-0.2, 0) is 0 Å². The summed E-state index contributed by atoms with van der Waals surface area (Å²) in [5, 5.41) is 9.16. The van der Waals surface area contributed by atoms with Crippen molar-refractivity contribution in [1.82, 2.24) is 14.9 Å². The van der Waals surface area contributed by atoms with Crippen LogP contribution in [0.25, 0.3) is 11.0 Å². The fourth-order valence-corrected chi connectivity index (χ4v) is 3.66. The highest BCUT2D eigenvalue weighted by atomic mass is 16.3. The second-order valence-electron chi connectivity index (χ2n) is 8.39. The van der Waals surface area contributed by atoms with Gasteiger partial charge in [-0.05, 0) is 31.5 Å². The highest BCUT2D eigenvalue weighted by Crippen LogP contribution is 2.29.